The van der Waals surface area contributed by atoms with Crippen molar-refractivity contribution in [2.75, 3.05) is 19.7 Å². The maximum atomic E-state index is 12.8. The summed E-state index contributed by atoms with van der Waals surface area (Å²) in [6.45, 7) is 8.06. The zero-order valence-corrected chi connectivity index (χ0v) is 18.2. The molecule has 1 aliphatic rings. The van der Waals surface area contributed by atoms with Crippen LogP contribution in [0.5, 0.6) is 5.75 Å². The Bertz CT molecular complexity index is 861. The highest BCUT2D eigenvalue weighted by molar-refractivity contribution is 5.94. The Labute approximate surface area is 179 Å². The molecule has 30 heavy (non-hydrogen) atoms. The van der Waals surface area contributed by atoms with Gasteiger partial charge in [-0.15, -0.1) is 0 Å². The molecule has 3 rings (SSSR count). The number of hydrogen-bond donors (Lipinski definition) is 1. The molecule has 5 heteroatoms. The van der Waals surface area contributed by atoms with Crippen LogP contribution in [0.4, 0.5) is 0 Å². The number of hydrogen-bond acceptors (Lipinski definition) is 3. The van der Waals surface area contributed by atoms with Crippen molar-refractivity contribution in [3.05, 3.63) is 65.2 Å². The van der Waals surface area contributed by atoms with E-state index >= 15 is 0 Å². The van der Waals surface area contributed by atoms with Crippen molar-refractivity contribution >= 4 is 11.8 Å². The van der Waals surface area contributed by atoms with Crippen LogP contribution in [-0.4, -0.2) is 42.5 Å². The minimum absolute atomic E-state index is 0.0772. The van der Waals surface area contributed by atoms with Crippen LogP contribution >= 0.6 is 0 Å². The minimum atomic E-state index is -0.0772. The molecule has 5 nitrogen and oxygen atoms in total. The lowest BCUT2D eigenvalue weighted by Crippen LogP contribution is -2.42. The fourth-order valence-corrected chi connectivity index (χ4v) is 3.77. The maximum Gasteiger partial charge on any atom is 0.251 e. The van der Waals surface area contributed by atoms with Crippen LogP contribution in [0.15, 0.2) is 48.5 Å². The molecule has 0 aliphatic carbocycles. The second-order valence-electron chi connectivity index (χ2n) is 8.41. The number of ether oxygens (including phenoxy) is 1. The molecule has 1 saturated heterocycles. The van der Waals surface area contributed by atoms with Gasteiger partial charge < -0.3 is 15.0 Å². The number of likely N-dealkylation sites (tertiary alicyclic amines) is 1. The normalized spacial score (nSPS) is 16.4. The van der Waals surface area contributed by atoms with E-state index in [1.165, 1.54) is 0 Å². The second-order valence-corrected chi connectivity index (χ2v) is 8.41. The van der Waals surface area contributed by atoms with Crippen molar-refractivity contribution in [3.8, 4) is 5.75 Å². The molecule has 0 radical (unpaired) electrons. The Morgan fingerprint density at radius 1 is 1.13 bits per heavy atom. The largest absolute Gasteiger partial charge is 0.493 e. The van der Waals surface area contributed by atoms with Crippen LogP contribution < -0.4 is 10.1 Å². The number of carbonyl (C=O) groups is 2. The van der Waals surface area contributed by atoms with E-state index in [0.717, 1.165) is 42.8 Å². The maximum absolute atomic E-state index is 12.8. The molecule has 0 bridgehead atoms. The van der Waals surface area contributed by atoms with Gasteiger partial charge in [-0.25, -0.2) is 0 Å². The quantitative estimate of drug-likeness (QED) is 0.754. The van der Waals surface area contributed by atoms with E-state index in [1.807, 2.05) is 62.1 Å². The number of nitrogens with zero attached hydrogens (tertiary/aromatic N) is 1. The van der Waals surface area contributed by atoms with Crippen LogP contribution in [0.2, 0.25) is 0 Å². The molecule has 160 valence electrons. The van der Waals surface area contributed by atoms with Crippen LogP contribution in [0.25, 0.3) is 0 Å². The SMILES string of the molecule is Cc1ccccc1CC(=O)N1CCC[C@H](COc2ccc(C(=O)NC(C)C)cc2)C1. The Kier molecular flexibility index (Phi) is 7.50. The Balaban J connectivity index is 1.49. The van der Waals surface area contributed by atoms with Crippen molar-refractivity contribution in [3.63, 3.8) is 0 Å². The minimum Gasteiger partial charge on any atom is -0.493 e. The van der Waals surface area contributed by atoms with Gasteiger partial charge in [-0.05, 0) is 69.0 Å². The third-order valence-corrected chi connectivity index (χ3v) is 5.50. The summed E-state index contributed by atoms with van der Waals surface area (Å²) in [5.74, 6) is 1.18. The first-order chi connectivity index (χ1) is 14.4. The summed E-state index contributed by atoms with van der Waals surface area (Å²) in [5, 5.41) is 2.88. The zero-order chi connectivity index (χ0) is 21.5. The van der Waals surface area contributed by atoms with Gasteiger partial charge in [-0.1, -0.05) is 24.3 Å². The monoisotopic (exact) mass is 408 g/mol. The predicted octanol–water partition coefficient (Wildman–Crippen LogP) is 3.99. The van der Waals surface area contributed by atoms with E-state index in [2.05, 4.69) is 5.32 Å². The lowest BCUT2D eigenvalue weighted by Gasteiger charge is -2.33. The van der Waals surface area contributed by atoms with E-state index < -0.39 is 0 Å². The van der Waals surface area contributed by atoms with E-state index in [0.29, 0.717) is 24.5 Å². The van der Waals surface area contributed by atoms with Gasteiger partial charge in [0.25, 0.3) is 5.91 Å². The summed E-state index contributed by atoms with van der Waals surface area (Å²) in [6.07, 6.45) is 2.52. The van der Waals surface area contributed by atoms with Crippen LogP contribution in [-0.2, 0) is 11.2 Å². The highest BCUT2D eigenvalue weighted by Crippen LogP contribution is 2.21. The summed E-state index contributed by atoms with van der Waals surface area (Å²) in [5.41, 5.74) is 2.89. The molecular formula is C25H32N2O3. The molecule has 1 atom stereocenters. The molecule has 2 amide bonds. The molecule has 0 unspecified atom stereocenters. The smallest absolute Gasteiger partial charge is 0.251 e. The Morgan fingerprint density at radius 3 is 2.57 bits per heavy atom. The van der Waals surface area contributed by atoms with E-state index in [1.54, 1.807) is 12.1 Å². The average molecular weight is 409 g/mol. The fraction of sp³-hybridized carbons (Fsp3) is 0.440. The summed E-state index contributed by atoms with van der Waals surface area (Å²) in [7, 11) is 0. The third kappa shape index (κ3) is 6.09. The van der Waals surface area contributed by atoms with Gasteiger partial charge in [0.1, 0.15) is 5.75 Å². The van der Waals surface area contributed by atoms with Gasteiger partial charge in [0.15, 0.2) is 0 Å². The number of aryl methyl sites for hydroxylation is 1. The Hall–Kier alpha value is -2.82. The molecule has 2 aromatic rings. The van der Waals surface area contributed by atoms with E-state index in [4.69, 9.17) is 4.74 Å². The second kappa shape index (κ2) is 10.3. The lowest BCUT2D eigenvalue weighted by molar-refractivity contribution is -0.132. The molecule has 1 N–H and O–H groups in total. The highest BCUT2D eigenvalue weighted by Gasteiger charge is 2.24. The number of carbonyl (C=O) groups excluding carboxylic acids is 2. The zero-order valence-electron chi connectivity index (χ0n) is 18.2. The standard InChI is InChI=1S/C25H32N2O3/c1-18(2)26-25(29)21-10-12-23(13-11-21)30-17-20-8-6-14-27(16-20)24(28)15-22-9-5-4-7-19(22)3/h4-5,7,9-13,18,20H,6,8,14-17H2,1-3H3,(H,26,29)/t20-/m0/s1. The highest BCUT2D eigenvalue weighted by atomic mass is 16.5. The van der Waals surface area contributed by atoms with Gasteiger partial charge in [0, 0.05) is 30.6 Å². The first kappa shape index (κ1) is 21.9. The lowest BCUT2D eigenvalue weighted by atomic mass is 9.97. The number of nitrogens with one attached hydrogen (secondary N) is 1. The number of piperidine rings is 1. The van der Waals surface area contributed by atoms with Crippen LogP contribution in [0.1, 0.15) is 48.2 Å². The van der Waals surface area contributed by atoms with Crippen molar-refractivity contribution in [2.24, 2.45) is 5.92 Å². The van der Waals surface area contributed by atoms with Crippen molar-refractivity contribution in [1.82, 2.24) is 10.2 Å². The summed E-state index contributed by atoms with van der Waals surface area (Å²) in [4.78, 5) is 26.8. The van der Waals surface area contributed by atoms with Gasteiger partial charge in [0.2, 0.25) is 5.91 Å². The average Bonchev–Trinajstić information content (AvgIpc) is 2.74. The third-order valence-electron chi connectivity index (χ3n) is 5.50. The van der Waals surface area contributed by atoms with E-state index in [9.17, 15) is 9.59 Å². The van der Waals surface area contributed by atoms with Crippen molar-refractivity contribution in [1.29, 1.82) is 0 Å². The number of amides is 2. The fourth-order valence-electron chi connectivity index (χ4n) is 3.77. The first-order valence-electron chi connectivity index (χ1n) is 10.8. The predicted molar refractivity (Wildman–Crippen MR) is 119 cm³/mol. The molecule has 0 aromatic heterocycles. The van der Waals surface area contributed by atoms with Crippen LogP contribution in [0.3, 0.4) is 0 Å². The topological polar surface area (TPSA) is 58.6 Å². The number of rotatable bonds is 7. The Morgan fingerprint density at radius 2 is 1.87 bits per heavy atom. The van der Waals surface area contributed by atoms with E-state index in [-0.39, 0.29) is 17.9 Å². The molecule has 1 fully saturated rings. The van der Waals surface area contributed by atoms with Crippen molar-refractivity contribution in [2.45, 2.75) is 46.1 Å². The summed E-state index contributed by atoms with van der Waals surface area (Å²) >= 11 is 0. The molecular weight excluding hydrogens is 376 g/mol. The van der Waals surface area contributed by atoms with Gasteiger partial charge in [0.05, 0.1) is 13.0 Å². The first-order valence-corrected chi connectivity index (χ1v) is 10.8. The van der Waals surface area contributed by atoms with Crippen molar-refractivity contribution < 1.29 is 14.3 Å². The molecule has 1 aliphatic heterocycles. The molecule has 0 saturated carbocycles. The number of benzene rings is 2. The molecule has 1 heterocycles. The van der Waals surface area contributed by atoms with Gasteiger partial charge >= 0.3 is 0 Å². The molecule has 2 aromatic carbocycles. The van der Waals surface area contributed by atoms with Gasteiger partial charge in [-0.3, -0.25) is 9.59 Å². The summed E-state index contributed by atoms with van der Waals surface area (Å²) < 4.78 is 5.96. The van der Waals surface area contributed by atoms with Crippen LogP contribution in [0, 0.1) is 12.8 Å². The molecule has 0 spiro atoms. The van der Waals surface area contributed by atoms with Gasteiger partial charge in [-0.2, -0.15) is 0 Å². The summed E-state index contributed by atoms with van der Waals surface area (Å²) in [6, 6.07) is 15.4.